The first kappa shape index (κ1) is 15.6. The summed E-state index contributed by atoms with van der Waals surface area (Å²) in [5.74, 6) is 0.225. The number of aromatic nitrogens is 4. The topological polar surface area (TPSA) is 99.4 Å². The van der Waals surface area contributed by atoms with E-state index in [9.17, 15) is 4.79 Å². The maximum absolute atomic E-state index is 11.6. The maximum Gasteiger partial charge on any atom is 0.222 e. The number of anilines is 1. The highest BCUT2D eigenvalue weighted by molar-refractivity contribution is 5.93. The molecule has 3 heterocycles. The van der Waals surface area contributed by atoms with E-state index in [1.54, 1.807) is 29.1 Å². The van der Waals surface area contributed by atoms with Gasteiger partial charge in [0.05, 0.1) is 17.3 Å². The number of hydrogen-bond donors (Lipinski definition) is 2. The third-order valence-corrected chi connectivity index (χ3v) is 4.00. The summed E-state index contributed by atoms with van der Waals surface area (Å²) in [6, 6.07) is 13.1. The number of pyridine rings is 1. The zero-order valence-electron chi connectivity index (χ0n) is 13.9. The van der Waals surface area contributed by atoms with E-state index >= 15 is 0 Å². The van der Waals surface area contributed by atoms with Crippen molar-refractivity contribution < 1.29 is 4.79 Å². The van der Waals surface area contributed by atoms with Gasteiger partial charge in [0.1, 0.15) is 5.65 Å². The number of amides is 1. The summed E-state index contributed by atoms with van der Waals surface area (Å²) in [6.45, 7) is 1.44. The van der Waals surface area contributed by atoms with Crippen LogP contribution in [0.2, 0.25) is 0 Å². The summed E-state index contributed by atoms with van der Waals surface area (Å²) >= 11 is 0. The van der Waals surface area contributed by atoms with Crippen LogP contribution in [0.15, 0.2) is 55.0 Å². The largest absolute Gasteiger partial charge is 0.346 e. The number of nitriles is 1. The van der Waals surface area contributed by atoms with Gasteiger partial charge in [-0.2, -0.15) is 5.26 Å². The zero-order chi connectivity index (χ0) is 18.1. The average molecular weight is 342 g/mol. The normalized spacial score (nSPS) is 10.6. The Labute approximate surface area is 148 Å². The Bertz CT molecular complexity index is 1160. The SMILES string of the molecule is CC(=O)Nc1nn(-c2ccnc3[nH]ccc23)cc1-c1cccc(C#N)c1. The van der Waals surface area contributed by atoms with Crippen molar-refractivity contribution in [3.63, 3.8) is 0 Å². The summed E-state index contributed by atoms with van der Waals surface area (Å²) < 4.78 is 1.71. The van der Waals surface area contributed by atoms with Crippen LogP contribution < -0.4 is 5.32 Å². The van der Waals surface area contributed by atoms with E-state index in [1.165, 1.54) is 6.92 Å². The van der Waals surface area contributed by atoms with Gasteiger partial charge in [0, 0.05) is 36.5 Å². The molecule has 4 aromatic rings. The molecule has 0 aliphatic carbocycles. The van der Waals surface area contributed by atoms with Crippen molar-refractivity contribution >= 4 is 22.8 Å². The zero-order valence-corrected chi connectivity index (χ0v) is 13.9. The fourth-order valence-electron chi connectivity index (χ4n) is 2.87. The molecule has 0 atom stereocenters. The van der Waals surface area contributed by atoms with E-state index in [1.807, 2.05) is 30.6 Å². The standard InChI is InChI=1S/C19H14N6O/c1-12(26)23-19-16(14-4-2-3-13(9-14)10-20)11-25(24-19)17-6-8-22-18-15(17)5-7-21-18/h2-9,11H,1H3,(H,21,22)(H,23,24,26). The van der Waals surface area contributed by atoms with Crippen molar-refractivity contribution in [2.75, 3.05) is 5.32 Å². The number of benzene rings is 1. The summed E-state index contributed by atoms with van der Waals surface area (Å²) in [5.41, 5.74) is 3.68. The molecular weight excluding hydrogens is 328 g/mol. The molecule has 2 N–H and O–H groups in total. The van der Waals surface area contributed by atoms with E-state index in [4.69, 9.17) is 5.26 Å². The van der Waals surface area contributed by atoms with Crippen molar-refractivity contribution in [1.29, 1.82) is 5.26 Å². The summed E-state index contributed by atoms with van der Waals surface area (Å²) in [4.78, 5) is 19.0. The predicted molar refractivity (Wildman–Crippen MR) is 97.7 cm³/mol. The summed E-state index contributed by atoms with van der Waals surface area (Å²) in [5, 5.41) is 17.4. The minimum absolute atomic E-state index is 0.213. The number of H-pyrrole nitrogens is 1. The van der Waals surface area contributed by atoms with Gasteiger partial charge in [0.15, 0.2) is 5.82 Å². The van der Waals surface area contributed by atoms with E-state index in [2.05, 4.69) is 26.5 Å². The highest BCUT2D eigenvalue weighted by Gasteiger charge is 2.15. The fraction of sp³-hybridized carbons (Fsp3) is 0.0526. The monoisotopic (exact) mass is 342 g/mol. The molecule has 1 aromatic carbocycles. The molecule has 7 nitrogen and oxygen atoms in total. The second-order valence-corrected chi connectivity index (χ2v) is 5.78. The smallest absolute Gasteiger partial charge is 0.222 e. The van der Waals surface area contributed by atoms with Crippen LogP contribution in [0.5, 0.6) is 0 Å². The van der Waals surface area contributed by atoms with E-state index in [0.717, 1.165) is 27.8 Å². The highest BCUT2D eigenvalue weighted by atomic mass is 16.1. The Balaban J connectivity index is 1.90. The van der Waals surface area contributed by atoms with Crippen LogP contribution in [0.25, 0.3) is 27.8 Å². The molecular formula is C19H14N6O. The van der Waals surface area contributed by atoms with Crippen molar-refractivity contribution in [3.05, 3.63) is 60.6 Å². The number of hydrogen-bond acceptors (Lipinski definition) is 4. The molecule has 0 unspecified atom stereocenters. The molecule has 0 bridgehead atoms. The molecule has 126 valence electrons. The lowest BCUT2D eigenvalue weighted by Gasteiger charge is -2.02. The Morgan fingerprint density at radius 3 is 3.00 bits per heavy atom. The summed E-state index contributed by atoms with van der Waals surface area (Å²) in [6.07, 6.45) is 5.35. The number of nitrogens with zero attached hydrogens (tertiary/aromatic N) is 4. The molecule has 26 heavy (non-hydrogen) atoms. The predicted octanol–water partition coefficient (Wildman–Crippen LogP) is 3.25. The van der Waals surface area contributed by atoms with Gasteiger partial charge in [-0.1, -0.05) is 12.1 Å². The Hall–Kier alpha value is -3.92. The molecule has 0 saturated carbocycles. The van der Waals surface area contributed by atoms with E-state index in [0.29, 0.717) is 11.4 Å². The Kier molecular flexibility index (Phi) is 3.71. The van der Waals surface area contributed by atoms with Gasteiger partial charge in [-0.05, 0) is 29.8 Å². The van der Waals surface area contributed by atoms with Crippen molar-refractivity contribution in [3.8, 4) is 22.9 Å². The Morgan fingerprint density at radius 1 is 1.31 bits per heavy atom. The molecule has 1 amide bonds. The van der Waals surface area contributed by atoms with Crippen LogP contribution in [0.1, 0.15) is 12.5 Å². The van der Waals surface area contributed by atoms with Gasteiger partial charge < -0.3 is 10.3 Å². The first-order valence-electron chi connectivity index (χ1n) is 7.96. The number of nitrogens with one attached hydrogen (secondary N) is 2. The molecule has 3 aromatic heterocycles. The van der Waals surface area contributed by atoms with E-state index in [-0.39, 0.29) is 5.91 Å². The second-order valence-electron chi connectivity index (χ2n) is 5.78. The molecule has 0 aliphatic heterocycles. The van der Waals surface area contributed by atoms with Gasteiger partial charge in [0.25, 0.3) is 0 Å². The molecule has 7 heteroatoms. The number of rotatable bonds is 3. The fourth-order valence-corrected chi connectivity index (χ4v) is 2.87. The lowest BCUT2D eigenvalue weighted by molar-refractivity contribution is -0.114. The quantitative estimate of drug-likeness (QED) is 0.597. The minimum atomic E-state index is -0.213. The van der Waals surface area contributed by atoms with Gasteiger partial charge in [-0.3, -0.25) is 4.79 Å². The number of carbonyl (C=O) groups is 1. The Morgan fingerprint density at radius 2 is 2.19 bits per heavy atom. The maximum atomic E-state index is 11.6. The van der Waals surface area contributed by atoms with Crippen LogP contribution in [-0.4, -0.2) is 25.7 Å². The third-order valence-electron chi connectivity index (χ3n) is 4.00. The van der Waals surface area contributed by atoms with E-state index < -0.39 is 0 Å². The third kappa shape index (κ3) is 2.70. The van der Waals surface area contributed by atoms with Crippen LogP contribution >= 0.6 is 0 Å². The first-order chi connectivity index (χ1) is 12.7. The second kappa shape index (κ2) is 6.18. The molecule has 0 radical (unpaired) electrons. The average Bonchev–Trinajstić information content (AvgIpc) is 3.28. The molecule has 0 saturated heterocycles. The van der Waals surface area contributed by atoms with Crippen LogP contribution in [0, 0.1) is 11.3 Å². The number of fused-ring (bicyclic) bond motifs is 1. The minimum Gasteiger partial charge on any atom is -0.346 e. The molecule has 0 aliphatic rings. The van der Waals surface area contributed by atoms with Crippen LogP contribution in [-0.2, 0) is 4.79 Å². The van der Waals surface area contributed by atoms with Gasteiger partial charge in [-0.25, -0.2) is 9.67 Å². The highest BCUT2D eigenvalue weighted by Crippen LogP contribution is 2.30. The van der Waals surface area contributed by atoms with Crippen LogP contribution in [0.4, 0.5) is 5.82 Å². The van der Waals surface area contributed by atoms with Gasteiger partial charge >= 0.3 is 0 Å². The lowest BCUT2D eigenvalue weighted by atomic mass is 10.1. The van der Waals surface area contributed by atoms with Gasteiger partial charge in [-0.15, -0.1) is 5.10 Å². The van der Waals surface area contributed by atoms with Gasteiger partial charge in [0.2, 0.25) is 5.91 Å². The molecule has 0 fully saturated rings. The first-order valence-corrected chi connectivity index (χ1v) is 7.96. The lowest BCUT2D eigenvalue weighted by Crippen LogP contribution is -2.08. The molecule has 4 rings (SSSR count). The number of carbonyl (C=O) groups excluding carboxylic acids is 1. The summed E-state index contributed by atoms with van der Waals surface area (Å²) in [7, 11) is 0. The van der Waals surface area contributed by atoms with Crippen molar-refractivity contribution in [2.45, 2.75) is 6.92 Å². The molecule has 0 spiro atoms. The van der Waals surface area contributed by atoms with Crippen molar-refractivity contribution in [1.82, 2.24) is 19.7 Å². The number of aromatic amines is 1. The van der Waals surface area contributed by atoms with Crippen LogP contribution in [0.3, 0.4) is 0 Å². The van der Waals surface area contributed by atoms with Crippen molar-refractivity contribution in [2.24, 2.45) is 0 Å².